The normalized spacial score (nSPS) is 19.2. The van der Waals surface area contributed by atoms with Crippen LogP contribution in [0, 0.1) is 6.92 Å². The van der Waals surface area contributed by atoms with Crippen LogP contribution in [0.15, 0.2) is 54.9 Å². The van der Waals surface area contributed by atoms with Gasteiger partial charge >= 0.3 is 0 Å². The molecule has 2 aliphatic carbocycles. The Balaban J connectivity index is 1.15. The largest absolute Gasteiger partial charge is 0.352 e. The molecule has 1 fully saturated rings. The molecule has 1 amide bonds. The van der Waals surface area contributed by atoms with E-state index in [1.54, 1.807) is 17.1 Å². The summed E-state index contributed by atoms with van der Waals surface area (Å²) in [4.78, 5) is 22.0. The summed E-state index contributed by atoms with van der Waals surface area (Å²) < 4.78 is 1.64. The number of hydrogen-bond donors (Lipinski definition) is 2. The number of amides is 1. The van der Waals surface area contributed by atoms with E-state index in [0.29, 0.717) is 5.95 Å². The van der Waals surface area contributed by atoms with Crippen molar-refractivity contribution in [3.8, 4) is 11.1 Å². The number of anilines is 1. The van der Waals surface area contributed by atoms with E-state index in [2.05, 4.69) is 59.1 Å². The molecule has 2 N–H and O–H groups in total. The van der Waals surface area contributed by atoms with E-state index in [1.807, 2.05) is 6.07 Å². The third-order valence-electron chi connectivity index (χ3n) is 7.59. The Hall–Kier alpha value is -3.74. The maximum Gasteiger partial charge on any atom is 0.241 e. The third-order valence-corrected chi connectivity index (χ3v) is 7.59. The maximum atomic E-state index is 12.3. The Kier molecular flexibility index (Phi) is 6.13. The molecule has 2 aromatic carbocycles. The van der Waals surface area contributed by atoms with Crippen molar-refractivity contribution in [3.63, 3.8) is 0 Å². The van der Waals surface area contributed by atoms with E-state index < -0.39 is 0 Å². The fourth-order valence-electron chi connectivity index (χ4n) is 5.81. The van der Waals surface area contributed by atoms with Crippen molar-refractivity contribution in [1.29, 1.82) is 0 Å². The van der Waals surface area contributed by atoms with Gasteiger partial charge in [0.15, 0.2) is 0 Å². The van der Waals surface area contributed by atoms with Gasteiger partial charge in [0.2, 0.25) is 11.9 Å². The summed E-state index contributed by atoms with van der Waals surface area (Å²) in [5, 5.41) is 11.9. The predicted molar refractivity (Wildman–Crippen MR) is 142 cm³/mol. The topological polar surface area (TPSA) is 84.7 Å². The lowest BCUT2D eigenvalue weighted by atomic mass is 9.86. The molecule has 7 heteroatoms. The molecule has 2 atom stereocenters. The minimum atomic E-state index is -0.00219. The minimum absolute atomic E-state index is 0.00219. The highest BCUT2D eigenvalue weighted by Gasteiger charge is 2.26. The summed E-state index contributed by atoms with van der Waals surface area (Å²) >= 11 is 0. The van der Waals surface area contributed by atoms with E-state index in [1.165, 1.54) is 41.5 Å². The molecule has 0 unspecified atom stereocenters. The second kappa shape index (κ2) is 9.72. The Morgan fingerprint density at radius 2 is 1.94 bits per heavy atom. The van der Waals surface area contributed by atoms with Gasteiger partial charge in [-0.15, -0.1) is 0 Å². The van der Waals surface area contributed by atoms with Gasteiger partial charge in [0, 0.05) is 29.9 Å². The number of benzene rings is 2. The SMILES string of the molecule is Cc1nc(N[C@@H]2CC[C@H](NC(=O)Cn3cccn3)C2)nc2ccc(-c3cccc4c3CCCC4)cc12. The summed E-state index contributed by atoms with van der Waals surface area (Å²) in [6.07, 6.45) is 11.2. The van der Waals surface area contributed by atoms with Gasteiger partial charge in [0.1, 0.15) is 6.54 Å². The first-order valence-corrected chi connectivity index (χ1v) is 13.1. The van der Waals surface area contributed by atoms with Gasteiger partial charge in [-0.1, -0.05) is 24.3 Å². The molecule has 184 valence electrons. The standard InChI is InChI=1S/C29H32N6O/c1-19-26-16-21(25-9-4-7-20-6-2-3-8-24(20)25)10-13-27(26)34-29(31-19)33-23-12-11-22(17-23)32-28(36)18-35-15-5-14-30-35/h4-5,7,9-10,13-16,22-23H,2-3,6,8,11-12,17-18H2,1H3,(H,32,36)(H,31,33,34)/t22-,23+/m0/s1. The highest BCUT2D eigenvalue weighted by atomic mass is 16.2. The average Bonchev–Trinajstić information content (AvgIpc) is 3.55. The van der Waals surface area contributed by atoms with Crippen LogP contribution in [0.2, 0.25) is 0 Å². The van der Waals surface area contributed by atoms with Gasteiger partial charge in [-0.05, 0) is 92.3 Å². The fraction of sp³-hybridized carbons (Fsp3) is 0.379. The van der Waals surface area contributed by atoms with E-state index in [9.17, 15) is 4.79 Å². The van der Waals surface area contributed by atoms with Crippen LogP contribution in [-0.2, 0) is 24.2 Å². The molecule has 0 saturated heterocycles. The molecule has 2 aromatic heterocycles. The average molecular weight is 481 g/mol. The quantitative estimate of drug-likeness (QED) is 0.413. The van der Waals surface area contributed by atoms with Crippen molar-refractivity contribution in [2.45, 2.75) is 70.5 Å². The van der Waals surface area contributed by atoms with Crippen LogP contribution >= 0.6 is 0 Å². The molecule has 7 nitrogen and oxygen atoms in total. The second-order valence-corrected chi connectivity index (χ2v) is 10.1. The van der Waals surface area contributed by atoms with Crippen molar-refractivity contribution in [2.75, 3.05) is 5.32 Å². The monoisotopic (exact) mass is 480 g/mol. The van der Waals surface area contributed by atoms with Crippen molar-refractivity contribution in [1.82, 2.24) is 25.1 Å². The van der Waals surface area contributed by atoms with Crippen molar-refractivity contribution < 1.29 is 4.79 Å². The first-order valence-electron chi connectivity index (χ1n) is 13.1. The summed E-state index contributed by atoms with van der Waals surface area (Å²) in [7, 11) is 0. The Morgan fingerprint density at radius 1 is 1.06 bits per heavy atom. The maximum absolute atomic E-state index is 12.3. The van der Waals surface area contributed by atoms with Crippen LogP contribution in [0.25, 0.3) is 22.0 Å². The molecule has 0 bridgehead atoms. The molecule has 2 aliphatic rings. The van der Waals surface area contributed by atoms with Crippen LogP contribution in [-0.4, -0.2) is 37.7 Å². The first kappa shape index (κ1) is 22.7. The van der Waals surface area contributed by atoms with Gasteiger partial charge in [-0.2, -0.15) is 5.10 Å². The summed E-state index contributed by atoms with van der Waals surface area (Å²) in [6.45, 7) is 2.31. The lowest BCUT2D eigenvalue weighted by Gasteiger charge is -2.20. The predicted octanol–water partition coefficient (Wildman–Crippen LogP) is 4.83. The van der Waals surface area contributed by atoms with Gasteiger partial charge < -0.3 is 10.6 Å². The highest BCUT2D eigenvalue weighted by Crippen LogP contribution is 2.33. The number of aromatic nitrogens is 4. The molecule has 0 spiro atoms. The molecular formula is C29H32N6O. The molecule has 0 aliphatic heterocycles. The van der Waals surface area contributed by atoms with E-state index in [-0.39, 0.29) is 24.5 Å². The molecule has 36 heavy (non-hydrogen) atoms. The first-order chi connectivity index (χ1) is 17.6. The number of nitrogens with one attached hydrogen (secondary N) is 2. The molecule has 2 heterocycles. The number of rotatable bonds is 6. The van der Waals surface area contributed by atoms with Crippen LogP contribution < -0.4 is 10.6 Å². The fourth-order valence-corrected chi connectivity index (χ4v) is 5.81. The van der Waals surface area contributed by atoms with E-state index in [0.717, 1.165) is 42.3 Å². The third kappa shape index (κ3) is 4.70. The Bertz CT molecular complexity index is 1400. The van der Waals surface area contributed by atoms with Crippen molar-refractivity contribution in [2.24, 2.45) is 0 Å². The van der Waals surface area contributed by atoms with Crippen LogP contribution in [0.4, 0.5) is 5.95 Å². The number of hydrogen-bond acceptors (Lipinski definition) is 5. The highest BCUT2D eigenvalue weighted by molar-refractivity contribution is 5.87. The van der Waals surface area contributed by atoms with E-state index in [4.69, 9.17) is 9.97 Å². The molecule has 0 radical (unpaired) electrons. The van der Waals surface area contributed by atoms with Crippen LogP contribution in [0.5, 0.6) is 0 Å². The molecule has 1 saturated carbocycles. The van der Waals surface area contributed by atoms with Gasteiger partial charge in [0.25, 0.3) is 0 Å². The van der Waals surface area contributed by atoms with Crippen molar-refractivity contribution in [3.05, 3.63) is 71.7 Å². The zero-order chi connectivity index (χ0) is 24.5. The van der Waals surface area contributed by atoms with Crippen LogP contribution in [0.1, 0.15) is 48.9 Å². The smallest absolute Gasteiger partial charge is 0.241 e. The van der Waals surface area contributed by atoms with Crippen molar-refractivity contribution >= 4 is 22.8 Å². The number of nitrogens with zero attached hydrogens (tertiary/aromatic N) is 4. The number of fused-ring (bicyclic) bond motifs is 2. The summed E-state index contributed by atoms with van der Waals surface area (Å²) in [5.41, 5.74) is 7.54. The Morgan fingerprint density at radius 3 is 2.83 bits per heavy atom. The minimum Gasteiger partial charge on any atom is -0.352 e. The second-order valence-electron chi connectivity index (χ2n) is 10.1. The van der Waals surface area contributed by atoms with Gasteiger partial charge in [0.05, 0.1) is 11.2 Å². The molecule has 6 rings (SSSR count). The number of aryl methyl sites for hydroxylation is 2. The van der Waals surface area contributed by atoms with Gasteiger partial charge in [-0.3, -0.25) is 9.48 Å². The number of carbonyl (C=O) groups excluding carboxylic acids is 1. The Labute approximate surface area is 211 Å². The van der Waals surface area contributed by atoms with E-state index >= 15 is 0 Å². The van der Waals surface area contributed by atoms with Gasteiger partial charge in [-0.25, -0.2) is 9.97 Å². The summed E-state index contributed by atoms with van der Waals surface area (Å²) in [5.74, 6) is 0.663. The van der Waals surface area contributed by atoms with Crippen LogP contribution in [0.3, 0.4) is 0 Å². The zero-order valence-electron chi connectivity index (χ0n) is 20.7. The number of carbonyl (C=O) groups is 1. The summed E-state index contributed by atoms with van der Waals surface area (Å²) in [6, 6.07) is 15.5. The molecule has 4 aromatic rings. The molecular weight excluding hydrogens is 448 g/mol. The zero-order valence-corrected chi connectivity index (χ0v) is 20.7. The lowest BCUT2D eigenvalue weighted by Crippen LogP contribution is -2.36. The lowest BCUT2D eigenvalue weighted by molar-refractivity contribution is -0.122.